The molecule has 0 saturated heterocycles. The topological polar surface area (TPSA) is 57.5 Å². The number of halogens is 1. The number of aliphatic hydroxyl groups is 1. The van der Waals surface area contributed by atoms with E-state index in [1.54, 1.807) is 26.0 Å². The van der Waals surface area contributed by atoms with E-state index < -0.39 is 17.5 Å². The molecule has 14 heavy (non-hydrogen) atoms. The summed E-state index contributed by atoms with van der Waals surface area (Å²) in [4.78, 5) is 11.4. The zero-order chi connectivity index (χ0) is 10.9. The molecule has 1 aromatic heterocycles. The number of carbonyl (C=O) groups is 1. The van der Waals surface area contributed by atoms with E-state index in [9.17, 15) is 9.90 Å². The maximum absolute atomic E-state index is 11.0. The van der Waals surface area contributed by atoms with Crippen LogP contribution in [0.25, 0.3) is 0 Å². The highest BCUT2D eigenvalue weighted by Crippen LogP contribution is 2.36. The van der Waals surface area contributed by atoms with Gasteiger partial charge in [-0.3, -0.25) is 0 Å². The highest BCUT2D eigenvalue weighted by atomic mass is 35.5. The van der Waals surface area contributed by atoms with Gasteiger partial charge in [0.1, 0.15) is 0 Å². The fraction of sp³-hybridized carbons (Fsp3) is 0.444. The third-order valence-corrected chi connectivity index (χ3v) is 3.47. The van der Waals surface area contributed by atoms with E-state index in [4.69, 9.17) is 16.7 Å². The second-order valence-corrected chi connectivity index (χ2v) is 5.05. The van der Waals surface area contributed by atoms with Crippen LogP contribution in [0.1, 0.15) is 18.7 Å². The van der Waals surface area contributed by atoms with Crippen LogP contribution in [-0.4, -0.2) is 16.2 Å². The molecule has 0 radical (unpaired) electrons. The second-order valence-electron chi connectivity index (χ2n) is 3.33. The second kappa shape index (κ2) is 3.88. The molecule has 0 saturated carbocycles. The van der Waals surface area contributed by atoms with Crippen molar-refractivity contribution in [3.63, 3.8) is 0 Å². The van der Waals surface area contributed by atoms with Gasteiger partial charge in [-0.1, -0.05) is 25.4 Å². The van der Waals surface area contributed by atoms with Gasteiger partial charge >= 0.3 is 5.97 Å². The number of thiophene rings is 1. The van der Waals surface area contributed by atoms with Crippen LogP contribution in [0, 0.1) is 5.92 Å². The molecule has 0 amide bonds. The van der Waals surface area contributed by atoms with Gasteiger partial charge in [0.25, 0.3) is 0 Å². The predicted octanol–water partition coefficient (Wildman–Crippen LogP) is 2.33. The molecule has 0 aliphatic carbocycles. The molecule has 0 bridgehead atoms. The number of hydrogen-bond donors (Lipinski definition) is 2. The normalized spacial score (nSPS) is 15.5. The lowest BCUT2D eigenvalue weighted by Crippen LogP contribution is -2.39. The molecule has 0 aliphatic rings. The van der Waals surface area contributed by atoms with Gasteiger partial charge in [-0.05, 0) is 18.1 Å². The Hall–Kier alpha value is -0.580. The van der Waals surface area contributed by atoms with Crippen LogP contribution < -0.4 is 0 Å². The Morgan fingerprint density at radius 2 is 2.14 bits per heavy atom. The van der Waals surface area contributed by atoms with Crippen LogP contribution >= 0.6 is 22.9 Å². The lowest BCUT2D eigenvalue weighted by atomic mass is 9.89. The smallest absolute Gasteiger partial charge is 0.341 e. The lowest BCUT2D eigenvalue weighted by Gasteiger charge is -2.25. The molecule has 0 spiro atoms. The molecule has 1 unspecified atom stereocenters. The fourth-order valence-corrected chi connectivity index (χ4v) is 2.43. The maximum atomic E-state index is 11.0. The van der Waals surface area contributed by atoms with Gasteiger partial charge in [-0.25, -0.2) is 4.79 Å². The van der Waals surface area contributed by atoms with Crippen LogP contribution in [0.4, 0.5) is 0 Å². The molecule has 1 rings (SSSR count). The van der Waals surface area contributed by atoms with Crippen LogP contribution in [0.15, 0.2) is 12.1 Å². The molecule has 5 heteroatoms. The summed E-state index contributed by atoms with van der Waals surface area (Å²) in [7, 11) is 0. The summed E-state index contributed by atoms with van der Waals surface area (Å²) >= 11 is 6.78. The highest BCUT2D eigenvalue weighted by molar-refractivity contribution is 7.16. The minimum Gasteiger partial charge on any atom is -0.479 e. The number of hydrogen-bond acceptors (Lipinski definition) is 3. The van der Waals surface area contributed by atoms with Crippen molar-refractivity contribution in [3.8, 4) is 0 Å². The first kappa shape index (κ1) is 11.5. The maximum Gasteiger partial charge on any atom is 0.341 e. The quantitative estimate of drug-likeness (QED) is 0.844. The van der Waals surface area contributed by atoms with Gasteiger partial charge in [-0.2, -0.15) is 0 Å². The number of carboxylic acids is 1. The molecule has 0 aliphatic heterocycles. The minimum atomic E-state index is -1.84. The molecule has 78 valence electrons. The molecule has 0 fully saturated rings. The summed E-state index contributed by atoms with van der Waals surface area (Å²) in [6.45, 7) is 3.31. The van der Waals surface area contributed by atoms with Crippen LogP contribution in [-0.2, 0) is 10.4 Å². The molecule has 1 atom stereocenters. The summed E-state index contributed by atoms with van der Waals surface area (Å²) in [6.07, 6.45) is 0. The summed E-state index contributed by atoms with van der Waals surface area (Å²) in [5, 5.41) is 19.0. The van der Waals surface area contributed by atoms with E-state index in [0.29, 0.717) is 9.21 Å². The van der Waals surface area contributed by atoms with E-state index >= 15 is 0 Å². The van der Waals surface area contributed by atoms with Crippen molar-refractivity contribution in [1.29, 1.82) is 0 Å². The zero-order valence-electron chi connectivity index (χ0n) is 7.82. The van der Waals surface area contributed by atoms with E-state index in [2.05, 4.69) is 0 Å². The Bertz CT molecular complexity index is 348. The van der Waals surface area contributed by atoms with Crippen LogP contribution in [0.3, 0.4) is 0 Å². The highest BCUT2D eigenvalue weighted by Gasteiger charge is 2.42. The van der Waals surface area contributed by atoms with Crippen molar-refractivity contribution < 1.29 is 15.0 Å². The largest absolute Gasteiger partial charge is 0.479 e. The molecule has 1 aromatic rings. The van der Waals surface area contributed by atoms with Crippen molar-refractivity contribution in [2.75, 3.05) is 0 Å². The van der Waals surface area contributed by atoms with Gasteiger partial charge in [0, 0.05) is 4.88 Å². The van der Waals surface area contributed by atoms with Gasteiger partial charge in [0.05, 0.1) is 4.34 Å². The summed E-state index contributed by atoms with van der Waals surface area (Å²) < 4.78 is 0.473. The first-order valence-electron chi connectivity index (χ1n) is 4.10. The van der Waals surface area contributed by atoms with Crippen molar-refractivity contribution in [3.05, 3.63) is 21.3 Å². The summed E-state index contributed by atoms with van der Waals surface area (Å²) in [5.74, 6) is -1.65. The monoisotopic (exact) mass is 234 g/mol. The summed E-state index contributed by atoms with van der Waals surface area (Å²) in [6, 6.07) is 3.12. The molecule has 2 N–H and O–H groups in total. The fourth-order valence-electron chi connectivity index (χ4n) is 1.16. The van der Waals surface area contributed by atoms with E-state index in [-0.39, 0.29) is 0 Å². The van der Waals surface area contributed by atoms with Gasteiger partial charge in [-0.15, -0.1) is 11.3 Å². The molecular formula is C9H11ClO3S. The average molecular weight is 235 g/mol. The Balaban J connectivity index is 3.19. The third kappa shape index (κ3) is 1.78. The minimum absolute atomic E-state index is 0.366. The first-order chi connectivity index (χ1) is 6.39. The first-order valence-corrected chi connectivity index (χ1v) is 5.30. The molecule has 1 heterocycles. The van der Waals surface area contributed by atoms with Crippen molar-refractivity contribution >= 4 is 28.9 Å². The van der Waals surface area contributed by atoms with E-state index in [1.807, 2.05) is 0 Å². The van der Waals surface area contributed by atoms with Crippen LogP contribution in [0.5, 0.6) is 0 Å². The number of rotatable bonds is 3. The molecule has 3 nitrogen and oxygen atoms in total. The Labute approximate surface area is 90.9 Å². The SMILES string of the molecule is CC(C)C(O)(C(=O)O)c1ccc(Cl)s1. The third-order valence-electron chi connectivity index (χ3n) is 2.11. The Morgan fingerprint density at radius 1 is 1.57 bits per heavy atom. The number of carboxylic acid groups (broad SMARTS) is 1. The standard InChI is InChI=1S/C9H11ClO3S/c1-5(2)9(13,8(11)12)6-3-4-7(10)14-6/h3-5,13H,1-2H3,(H,11,12). The lowest BCUT2D eigenvalue weighted by molar-refractivity contribution is -0.164. The number of aliphatic carboxylic acids is 1. The van der Waals surface area contributed by atoms with Gasteiger partial charge in [0.2, 0.25) is 0 Å². The predicted molar refractivity (Wildman–Crippen MR) is 55.7 cm³/mol. The van der Waals surface area contributed by atoms with Gasteiger partial charge in [0.15, 0.2) is 5.60 Å². The van der Waals surface area contributed by atoms with Gasteiger partial charge < -0.3 is 10.2 Å². The Morgan fingerprint density at radius 3 is 2.43 bits per heavy atom. The molecular weight excluding hydrogens is 224 g/mol. The van der Waals surface area contributed by atoms with Crippen molar-refractivity contribution in [2.24, 2.45) is 5.92 Å². The summed E-state index contributed by atoms with van der Waals surface area (Å²) in [5.41, 5.74) is -1.84. The molecule has 0 aromatic carbocycles. The Kier molecular flexibility index (Phi) is 3.19. The van der Waals surface area contributed by atoms with E-state index in [1.165, 1.54) is 0 Å². The van der Waals surface area contributed by atoms with Crippen molar-refractivity contribution in [2.45, 2.75) is 19.4 Å². The average Bonchev–Trinajstić information content (AvgIpc) is 2.49. The van der Waals surface area contributed by atoms with Crippen LogP contribution in [0.2, 0.25) is 4.34 Å². The zero-order valence-corrected chi connectivity index (χ0v) is 9.39. The van der Waals surface area contributed by atoms with E-state index in [0.717, 1.165) is 11.3 Å². The van der Waals surface area contributed by atoms with Crippen molar-refractivity contribution in [1.82, 2.24) is 0 Å².